The van der Waals surface area contributed by atoms with Gasteiger partial charge in [0.05, 0.1) is 6.61 Å². The summed E-state index contributed by atoms with van der Waals surface area (Å²) in [6.45, 7) is 1.07. The molecule has 1 atom stereocenters. The van der Waals surface area contributed by atoms with Gasteiger partial charge in [-0.25, -0.2) is 0 Å². The third-order valence-electron chi connectivity index (χ3n) is 0.833. The van der Waals surface area contributed by atoms with Gasteiger partial charge in [0.25, 0.3) is 0 Å². The van der Waals surface area contributed by atoms with Crippen LogP contribution in [0, 0.1) is 6.61 Å². The Bertz CT molecular complexity index is 47.7. The van der Waals surface area contributed by atoms with Crippen LogP contribution >= 0.6 is 0 Å². The molecule has 0 aromatic carbocycles. The fraction of sp³-hybridized carbons (Fsp3) is 0.800. The molecule has 1 radical (unpaired) electrons. The molecule has 3 nitrogen and oxygen atoms in total. The van der Waals surface area contributed by atoms with Crippen molar-refractivity contribution >= 4 is 0 Å². The largest absolute Gasteiger partial charge is 0.390 e. The zero-order valence-corrected chi connectivity index (χ0v) is 4.75. The second-order valence-corrected chi connectivity index (χ2v) is 1.68. The van der Waals surface area contributed by atoms with E-state index in [-0.39, 0.29) is 0 Å². The van der Waals surface area contributed by atoms with Crippen LogP contribution in [-0.4, -0.2) is 16.4 Å². The van der Waals surface area contributed by atoms with Crippen LogP contribution < -0.4 is 5.73 Å². The highest BCUT2D eigenvalue weighted by Gasteiger charge is 1.92. The summed E-state index contributed by atoms with van der Waals surface area (Å²) in [5, 5.41) is 16.6. The highest BCUT2D eigenvalue weighted by Crippen LogP contribution is 1.96. The standard InChI is InChI=1S/C5H12NO2/c6-5(8)3-1-2-4-7/h4-5,7-8H,1-3,6H2. The summed E-state index contributed by atoms with van der Waals surface area (Å²) in [4.78, 5) is 0. The predicted octanol–water partition coefficient (Wildman–Crippen LogP) is -0.0319. The monoisotopic (exact) mass is 118 g/mol. The normalized spacial score (nSPS) is 13.9. The first kappa shape index (κ1) is 7.88. The van der Waals surface area contributed by atoms with Crippen molar-refractivity contribution < 1.29 is 10.2 Å². The summed E-state index contributed by atoms with van der Waals surface area (Å²) in [6, 6.07) is 0. The summed E-state index contributed by atoms with van der Waals surface area (Å²) >= 11 is 0. The fourth-order valence-electron chi connectivity index (χ4n) is 0.418. The van der Waals surface area contributed by atoms with Crippen LogP contribution in [0.15, 0.2) is 0 Å². The van der Waals surface area contributed by atoms with Crippen LogP contribution in [0.25, 0.3) is 0 Å². The highest BCUT2D eigenvalue weighted by molar-refractivity contribution is 4.50. The van der Waals surface area contributed by atoms with Gasteiger partial charge in [0.2, 0.25) is 0 Å². The molecule has 0 rings (SSSR count). The van der Waals surface area contributed by atoms with E-state index in [1.165, 1.54) is 0 Å². The average Bonchev–Trinajstić information content (AvgIpc) is 1.66. The van der Waals surface area contributed by atoms with Crippen LogP contribution in [0.5, 0.6) is 0 Å². The van der Waals surface area contributed by atoms with Crippen molar-refractivity contribution in [2.45, 2.75) is 25.5 Å². The van der Waals surface area contributed by atoms with Crippen molar-refractivity contribution in [3.8, 4) is 0 Å². The van der Waals surface area contributed by atoms with Crippen LogP contribution in [0.3, 0.4) is 0 Å². The van der Waals surface area contributed by atoms with Gasteiger partial charge in [-0.1, -0.05) is 0 Å². The van der Waals surface area contributed by atoms with Gasteiger partial charge >= 0.3 is 0 Å². The first-order chi connectivity index (χ1) is 3.77. The van der Waals surface area contributed by atoms with E-state index in [2.05, 4.69) is 0 Å². The van der Waals surface area contributed by atoms with Crippen LogP contribution in [0.1, 0.15) is 19.3 Å². The van der Waals surface area contributed by atoms with Crippen LogP contribution in [0.2, 0.25) is 0 Å². The van der Waals surface area contributed by atoms with Gasteiger partial charge in [-0.3, -0.25) is 0 Å². The second-order valence-electron chi connectivity index (χ2n) is 1.68. The number of aliphatic hydroxyl groups is 2. The fourth-order valence-corrected chi connectivity index (χ4v) is 0.418. The highest BCUT2D eigenvalue weighted by atomic mass is 16.3. The molecule has 0 aliphatic carbocycles. The Kier molecular flexibility index (Phi) is 4.95. The lowest BCUT2D eigenvalue weighted by molar-refractivity contribution is 0.167. The summed E-state index contributed by atoms with van der Waals surface area (Å²) in [7, 11) is 0. The van der Waals surface area contributed by atoms with Crippen molar-refractivity contribution in [3.05, 3.63) is 6.61 Å². The summed E-state index contributed by atoms with van der Waals surface area (Å²) < 4.78 is 0. The Morgan fingerprint density at radius 1 is 1.62 bits per heavy atom. The molecule has 0 bridgehead atoms. The minimum atomic E-state index is -0.727. The Balaban J connectivity index is 2.72. The third kappa shape index (κ3) is 5.88. The lowest BCUT2D eigenvalue weighted by Crippen LogP contribution is -2.17. The zero-order valence-electron chi connectivity index (χ0n) is 4.75. The summed E-state index contributed by atoms with van der Waals surface area (Å²) in [5.74, 6) is 0. The lowest BCUT2D eigenvalue weighted by atomic mass is 10.2. The predicted molar refractivity (Wildman–Crippen MR) is 30.3 cm³/mol. The molecule has 8 heavy (non-hydrogen) atoms. The van der Waals surface area contributed by atoms with E-state index in [1.54, 1.807) is 0 Å². The smallest absolute Gasteiger partial charge is 0.102 e. The lowest BCUT2D eigenvalue weighted by Gasteiger charge is -1.99. The number of aliphatic hydroxyl groups excluding tert-OH is 2. The quantitative estimate of drug-likeness (QED) is 0.358. The molecular formula is C5H12NO2. The van der Waals surface area contributed by atoms with Crippen LogP contribution in [-0.2, 0) is 0 Å². The zero-order chi connectivity index (χ0) is 6.41. The molecule has 0 aromatic rings. The molecule has 0 saturated heterocycles. The average molecular weight is 118 g/mol. The van der Waals surface area contributed by atoms with Crippen molar-refractivity contribution in [2.75, 3.05) is 0 Å². The van der Waals surface area contributed by atoms with E-state index in [0.717, 1.165) is 13.0 Å². The van der Waals surface area contributed by atoms with Gasteiger partial charge in [-0.15, -0.1) is 0 Å². The van der Waals surface area contributed by atoms with E-state index in [9.17, 15) is 0 Å². The Labute approximate surface area is 49.1 Å². The molecule has 0 heterocycles. The van der Waals surface area contributed by atoms with Crippen LogP contribution in [0.4, 0.5) is 0 Å². The topological polar surface area (TPSA) is 66.5 Å². The summed E-state index contributed by atoms with van der Waals surface area (Å²) in [6.07, 6.45) is 1.18. The van der Waals surface area contributed by atoms with Gasteiger partial charge in [0.1, 0.15) is 6.23 Å². The van der Waals surface area contributed by atoms with E-state index >= 15 is 0 Å². The van der Waals surface area contributed by atoms with E-state index < -0.39 is 6.23 Å². The van der Waals surface area contributed by atoms with Crippen molar-refractivity contribution in [1.29, 1.82) is 0 Å². The van der Waals surface area contributed by atoms with Crippen molar-refractivity contribution in [2.24, 2.45) is 5.73 Å². The van der Waals surface area contributed by atoms with Gasteiger partial charge in [-0.2, -0.15) is 0 Å². The minimum Gasteiger partial charge on any atom is -0.390 e. The molecule has 0 amide bonds. The molecule has 1 unspecified atom stereocenters. The van der Waals surface area contributed by atoms with Gasteiger partial charge in [0, 0.05) is 0 Å². The molecule has 0 spiro atoms. The van der Waals surface area contributed by atoms with Gasteiger partial charge in [0.15, 0.2) is 0 Å². The SMILES string of the molecule is NC(O)CCC[CH]O. The molecular weight excluding hydrogens is 106 g/mol. The van der Waals surface area contributed by atoms with E-state index in [0.29, 0.717) is 12.8 Å². The Morgan fingerprint density at radius 3 is 2.62 bits per heavy atom. The molecule has 0 saturated carbocycles. The first-order valence-corrected chi connectivity index (χ1v) is 2.67. The summed E-state index contributed by atoms with van der Waals surface area (Å²) in [5.41, 5.74) is 4.99. The van der Waals surface area contributed by atoms with E-state index in [4.69, 9.17) is 15.9 Å². The molecule has 0 fully saturated rings. The minimum absolute atomic E-state index is 0.553. The maximum absolute atomic E-state index is 8.46. The molecule has 49 valence electrons. The maximum atomic E-state index is 8.46. The van der Waals surface area contributed by atoms with Gasteiger partial charge < -0.3 is 15.9 Å². The number of unbranched alkanes of at least 4 members (excludes halogenated alkanes) is 1. The second kappa shape index (κ2) is 5.03. The molecule has 0 aliphatic rings. The number of hydrogen-bond acceptors (Lipinski definition) is 3. The molecule has 0 aromatic heterocycles. The Morgan fingerprint density at radius 2 is 2.25 bits per heavy atom. The number of rotatable bonds is 4. The van der Waals surface area contributed by atoms with Crippen molar-refractivity contribution in [1.82, 2.24) is 0 Å². The third-order valence-corrected chi connectivity index (χ3v) is 0.833. The molecule has 4 N–H and O–H groups in total. The number of hydrogen-bond donors (Lipinski definition) is 3. The maximum Gasteiger partial charge on any atom is 0.102 e. The van der Waals surface area contributed by atoms with E-state index in [1.807, 2.05) is 0 Å². The molecule has 0 aliphatic heterocycles. The Hall–Kier alpha value is -0.120. The number of nitrogens with two attached hydrogens (primary N) is 1. The van der Waals surface area contributed by atoms with Crippen molar-refractivity contribution in [3.63, 3.8) is 0 Å². The van der Waals surface area contributed by atoms with Gasteiger partial charge in [-0.05, 0) is 19.3 Å². The molecule has 3 heteroatoms. The first-order valence-electron chi connectivity index (χ1n) is 2.67.